The maximum absolute atomic E-state index is 12.3. The number of rotatable bonds is 7. The summed E-state index contributed by atoms with van der Waals surface area (Å²) in [4.78, 5) is 24.1. The molecule has 0 radical (unpaired) electrons. The fourth-order valence-electron chi connectivity index (χ4n) is 2.61. The zero-order valence-corrected chi connectivity index (χ0v) is 16.6. The predicted molar refractivity (Wildman–Crippen MR) is 103 cm³/mol. The molecule has 0 unspecified atom stereocenters. The molecule has 0 aliphatic rings. The van der Waals surface area contributed by atoms with Gasteiger partial charge in [-0.25, -0.2) is 4.79 Å². The van der Waals surface area contributed by atoms with E-state index in [-0.39, 0.29) is 22.8 Å². The fourth-order valence-corrected chi connectivity index (χ4v) is 2.61. The van der Waals surface area contributed by atoms with Gasteiger partial charge >= 0.3 is 5.97 Å². The summed E-state index contributed by atoms with van der Waals surface area (Å²) in [5.74, 6) is 0.0294. The largest absolute Gasteiger partial charge is 0.493 e. The number of aryl methyl sites for hydroxylation is 1. The number of nitriles is 1. The van der Waals surface area contributed by atoms with Crippen molar-refractivity contribution < 1.29 is 33.0 Å². The summed E-state index contributed by atoms with van der Waals surface area (Å²) in [6, 6.07) is 5.17. The van der Waals surface area contributed by atoms with Crippen LogP contribution in [0.15, 0.2) is 22.6 Å². The molecule has 0 fully saturated rings. The number of amides is 1. The number of esters is 1. The number of furan rings is 1. The molecular formula is C20H20N2O7. The molecule has 1 aromatic carbocycles. The topological polar surface area (TPSA) is 120 Å². The van der Waals surface area contributed by atoms with E-state index in [0.717, 1.165) is 0 Å². The highest BCUT2D eigenvalue weighted by molar-refractivity contribution is 6.03. The molecule has 0 spiro atoms. The van der Waals surface area contributed by atoms with Crippen molar-refractivity contribution in [3.8, 4) is 23.3 Å². The van der Waals surface area contributed by atoms with E-state index in [1.165, 1.54) is 47.5 Å². The van der Waals surface area contributed by atoms with E-state index in [4.69, 9.17) is 18.6 Å². The van der Waals surface area contributed by atoms with E-state index in [1.807, 2.05) is 6.07 Å². The van der Waals surface area contributed by atoms with E-state index in [9.17, 15) is 14.9 Å². The van der Waals surface area contributed by atoms with Crippen LogP contribution in [0, 0.1) is 18.3 Å². The van der Waals surface area contributed by atoms with Crippen LogP contribution in [0.3, 0.4) is 0 Å². The second-order valence-corrected chi connectivity index (χ2v) is 5.62. The Morgan fingerprint density at radius 2 is 1.72 bits per heavy atom. The van der Waals surface area contributed by atoms with Crippen molar-refractivity contribution in [1.82, 2.24) is 0 Å². The van der Waals surface area contributed by atoms with Crippen LogP contribution in [0.1, 0.15) is 27.2 Å². The van der Waals surface area contributed by atoms with Crippen molar-refractivity contribution in [3.05, 3.63) is 40.7 Å². The first kappa shape index (κ1) is 21.4. The van der Waals surface area contributed by atoms with Gasteiger partial charge in [-0.15, -0.1) is 0 Å². The third-order valence-electron chi connectivity index (χ3n) is 3.94. The van der Waals surface area contributed by atoms with Crippen LogP contribution in [0.4, 0.5) is 5.88 Å². The third kappa shape index (κ3) is 4.50. The summed E-state index contributed by atoms with van der Waals surface area (Å²) in [6.07, 6.45) is 2.75. The lowest BCUT2D eigenvalue weighted by Gasteiger charge is -2.12. The number of methoxy groups -OCH3 is 4. The zero-order chi connectivity index (χ0) is 21.6. The Morgan fingerprint density at radius 3 is 2.21 bits per heavy atom. The van der Waals surface area contributed by atoms with Crippen LogP contribution >= 0.6 is 0 Å². The molecule has 1 N–H and O–H groups in total. The van der Waals surface area contributed by atoms with Crippen LogP contribution in [-0.2, 0) is 9.53 Å². The minimum absolute atomic E-state index is 0.0288. The maximum atomic E-state index is 12.3. The Hall–Kier alpha value is -3.93. The van der Waals surface area contributed by atoms with Gasteiger partial charge in [0.05, 0.1) is 28.4 Å². The molecule has 9 nitrogen and oxygen atoms in total. The van der Waals surface area contributed by atoms with Crippen LogP contribution < -0.4 is 19.5 Å². The SMILES string of the molecule is COC(=O)c1c(C)oc(NC(=O)/C=C/c2cc(OC)c(OC)c(OC)c2)c1C#N. The van der Waals surface area contributed by atoms with E-state index >= 15 is 0 Å². The maximum Gasteiger partial charge on any atom is 0.342 e. The Kier molecular flexibility index (Phi) is 6.87. The average molecular weight is 400 g/mol. The number of carbonyl (C=O) groups excluding carboxylic acids is 2. The molecule has 1 aromatic heterocycles. The molecule has 0 saturated carbocycles. The molecule has 0 atom stereocenters. The van der Waals surface area contributed by atoms with Gasteiger partial charge in [-0.3, -0.25) is 10.1 Å². The lowest BCUT2D eigenvalue weighted by atomic mass is 10.1. The average Bonchev–Trinajstić information content (AvgIpc) is 3.05. The van der Waals surface area contributed by atoms with Crippen molar-refractivity contribution in [2.45, 2.75) is 6.92 Å². The second-order valence-electron chi connectivity index (χ2n) is 5.62. The number of benzene rings is 1. The Morgan fingerprint density at radius 1 is 1.10 bits per heavy atom. The number of ether oxygens (including phenoxy) is 4. The van der Waals surface area contributed by atoms with Gasteiger partial charge in [-0.1, -0.05) is 0 Å². The number of hydrogen-bond acceptors (Lipinski definition) is 8. The first-order valence-corrected chi connectivity index (χ1v) is 8.30. The molecule has 1 amide bonds. The first-order chi connectivity index (χ1) is 13.9. The minimum Gasteiger partial charge on any atom is -0.493 e. The lowest BCUT2D eigenvalue weighted by Crippen LogP contribution is -2.09. The Balaban J connectivity index is 2.27. The summed E-state index contributed by atoms with van der Waals surface area (Å²) >= 11 is 0. The van der Waals surface area contributed by atoms with Gasteiger partial charge in [-0.05, 0) is 30.7 Å². The molecule has 152 valence electrons. The van der Waals surface area contributed by atoms with Gasteiger partial charge in [0.25, 0.3) is 5.91 Å². The van der Waals surface area contributed by atoms with Crippen LogP contribution in [0.25, 0.3) is 6.08 Å². The van der Waals surface area contributed by atoms with Crippen molar-refractivity contribution >= 4 is 23.8 Å². The van der Waals surface area contributed by atoms with Crippen LogP contribution in [0.2, 0.25) is 0 Å². The highest BCUT2D eigenvalue weighted by Crippen LogP contribution is 2.38. The standard InChI is InChI=1S/C20H20N2O7/c1-11-17(20(24)28-5)13(10-21)19(29-11)22-16(23)7-6-12-8-14(25-2)18(27-4)15(9-12)26-3/h6-9H,1-5H3,(H,22,23)/b7-6+. The zero-order valence-electron chi connectivity index (χ0n) is 16.6. The van der Waals surface area contributed by atoms with Gasteiger partial charge in [-0.2, -0.15) is 5.26 Å². The number of nitrogens with zero attached hydrogens (tertiary/aromatic N) is 1. The monoisotopic (exact) mass is 400 g/mol. The molecule has 0 aliphatic heterocycles. The van der Waals surface area contributed by atoms with Crippen molar-refractivity contribution in [3.63, 3.8) is 0 Å². The smallest absolute Gasteiger partial charge is 0.342 e. The number of carbonyl (C=O) groups is 2. The Labute approximate surface area is 167 Å². The van der Waals surface area contributed by atoms with E-state index in [0.29, 0.717) is 22.8 Å². The van der Waals surface area contributed by atoms with Crippen molar-refractivity contribution in [2.75, 3.05) is 33.8 Å². The number of nitrogens with one attached hydrogen (secondary N) is 1. The molecule has 1 heterocycles. The highest BCUT2D eigenvalue weighted by Gasteiger charge is 2.25. The molecule has 29 heavy (non-hydrogen) atoms. The fraction of sp³-hybridized carbons (Fsp3) is 0.250. The number of anilines is 1. The lowest BCUT2D eigenvalue weighted by molar-refractivity contribution is -0.111. The van der Waals surface area contributed by atoms with Crippen LogP contribution in [0.5, 0.6) is 17.2 Å². The summed E-state index contributed by atoms with van der Waals surface area (Å²) < 4.78 is 25.8. The Bertz CT molecular complexity index is 974. The van der Waals surface area contributed by atoms with Crippen molar-refractivity contribution in [2.24, 2.45) is 0 Å². The van der Waals surface area contributed by atoms with E-state index in [1.54, 1.807) is 12.1 Å². The molecule has 0 saturated heterocycles. The second kappa shape index (κ2) is 9.32. The minimum atomic E-state index is -0.726. The summed E-state index contributed by atoms with van der Waals surface area (Å²) in [5.41, 5.74) is 0.476. The first-order valence-electron chi connectivity index (χ1n) is 8.30. The van der Waals surface area contributed by atoms with Gasteiger partial charge < -0.3 is 23.4 Å². The summed E-state index contributed by atoms with van der Waals surface area (Å²) in [7, 11) is 5.65. The van der Waals surface area contributed by atoms with E-state index < -0.39 is 11.9 Å². The molecular weight excluding hydrogens is 380 g/mol. The van der Waals surface area contributed by atoms with Gasteiger partial charge in [0.1, 0.15) is 23.0 Å². The third-order valence-corrected chi connectivity index (χ3v) is 3.94. The molecule has 0 aliphatic carbocycles. The van der Waals surface area contributed by atoms with E-state index in [2.05, 4.69) is 10.1 Å². The van der Waals surface area contributed by atoms with Gasteiger partial charge in [0, 0.05) is 6.08 Å². The summed E-state index contributed by atoms with van der Waals surface area (Å²) in [6.45, 7) is 1.49. The normalized spacial score (nSPS) is 10.3. The van der Waals surface area contributed by atoms with Crippen LogP contribution in [-0.4, -0.2) is 40.3 Å². The van der Waals surface area contributed by atoms with Crippen molar-refractivity contribution in [1.29, 1.82) is 5.26 Å². The number of hydrogen-bond donors (Lipinski definition) is 1. The predicted octanol–water partition coefficient (Wildman–Crippen LogP) is 2.92. The molecule has 0 bridgehead atoms. The quantitative estimate of drug-likeness (QED) is 0.556. The molecule has 2 rings (SSSR count). The van der Waals surface area contributed by atoms with Gasteiger partial charge in [0.2, 0.25) is 11.6 Å². The highest BCUT2D eigenvalue weighted by atomic mass is 16.5. The van der Waals surface area contributed by atoms with Gasteiger partial charge in [0.15, 0.2) is 11.5 Å². The molecule has 2 aromatic rings. The molecule has 9 heteroatoms. The summed E-state index contributed by atoms with van der Waals surface area (Å²) in [5, 5.41) is 11.8.